The molecule has 2 unspecified atom stereocenters. The number of carboxylic acid groups (broad SMARTS) is 2. The molecule has 0 amide bonds. The molecule has 0 heterocycles. The molecule has 0 saturated heterocycles. The van der Waals surface area contributed by atoms with Gasteiger partial charge < -0.3 is 30.0 Å². The van der Waals surface area contributed by atoms with Crippen molar-refractivity contribution in [2.45, 2.75) is 51.7 Å². The molecule has 0 radical (unpaired) electrons. The first-order chi connectivity index (χ1) is 8.33. The lowest BCUT2D eigenvalue weighted by Crippen LogP contribution is -2.34. The molecule has 0 aromatic carbocycles. The topological polar surface area (TPSA) is 121 Å². The average molecular weight is 258 g/mol. The van der Waals surface area contributed by atoms with Gasteiger partial charge in [0.1, 0.15) is 0 Å². The van der Waals surface area contributed by atoms with E-state index >= 15 is 0 Å². The fourth-order valence-electron chi connectivity index (χ4n) is 1.42. The summed E-state index contributed by atoms with van der Waals surface area (Å²) in [7, 11) is 0. The largest absolute Gasteiger partial charge is 0.545 e. The molecule has 0 spiro atoms. The van der Waals surface area contributed by atoms with Gasteiger partial charge in [0.2, 0.25) is 0 Å². The molecule has 18 heavy (non-hydrogen) atoms. The predicted octanol–water partition coefficient (Wildman–Crippen LogP) is -1.90. The average Bonchev–Trinajstić information content (AvgIpc) is 2.31. The molecular weight excluding hydrogens is 240 g/mol. The first-order valence-electron chi connectivity index (χ1n) is 5.84. The van der Waals surface area contributed by atoms with Gasteiger partial charge in [-0.15, -0.1) is 0 Å². The first-order valence-corrected chi connectivity index (χ1v) is 5.84. The molecule has 6 heteroatoms. The summed E-state index contributed by atoms with van der Waals surface area (Å²) in [4.78, 5) is 21.8. The molecule has 0 saturated carbocycles. The maximum Gasteiger partial charge on any atom is 0.0679 e. The van der Waals surface area contributed by atoms with Crippen LogP contribution in [0, 0.1) is 0 Å². The van der Waals surface area contributed by atoms with E-state index in [2.05, 4.69) is 0 Å². The van der Waals surface area contributed by atoms with E-state index in [9.17, 15) is 30.0 Å². The van der Waals surface area contributed by atoms with Crippen molar-refractivity contribution in [1.29, 1.82) is 0 Å². The molecule has 0 rings (SSSR count). The third-order valence-electron chi connectivity index (χ3n) is 2.68. The summed E-state index contributed by atoms with van der Waals surface area (Å²) in [5, 5.41) is 40.6. The van der Waals surface area contributed by atoms with Gasteiger partial charge in [0.25, 0.3) is 0 Å². The highest BCUT2D eigenvalue weighted by atomic mass is 16.4. The Morgan fingerprint density at radius 1 is 0.889 bits per heavy atom. The summed E-state index contributed by atoms with van der Waals surface area (Å²) in [5.74, 6) is -3.32. The minimum Gasteiger partial charge on any atom is -0.545 e. The number of aliphatic hydroxyl groups excluding tert-OH is 2. The van der Waals surface area contributed by atoms with Crippen molar-refractivity contribution in [1.82, 2.24) is 0 Å². The van der Waals surface area contributed by atoms with E-state index in [4.69, 9.17) is 0 Å². The van der Waals surface area contributed by atoms with Gasteiger partial charge in [0, 0.05) is 12.8 Å². The quantitative estimate of drug-likeness (QED) is 0.491. The van der Waals surface area contributed by atoms with Crippen LogP contribution in [-0.4, -0.2) is 34.4 Å². The maximum absolute atomic E-state index is 10.9. The molecule has 0 bridgehead atoms. The van der Waals surface area contributed by atoms with E-state index < -0.39 is 35.3 Å². The fourth-order valence-corrected chi connectivity index (χ4v) is 1.42. The minimum atomic E-state index is -1.66. The SMILES string of the molecule is CCC(O)C/C(C(=O)[O-])=C(\CC(O)CC)C(=O)[O-]. The van der Waals surface area contributed by atoms with E-state index in [1.165, 1.54) is 0 Å². The fraction of sp³-hybridized carbons (Fsp3) is 0.667. The molecule has 104 valence electrons. The van der Waals surface area contributed by atoms with Crippen molar-refractivity contribution in [3.8, 4) is 0 Å². The van der Waals surface area contributed by atoms with E-state index in [0.29, 0.717) is 0 Å². The molecular formula is C12H18O6-2. The lowest BCUT2D eigenvalue weighted by molar-refractivity contribution is -0.304. The molecule has 2 atom stereocenters. The van der Waals surface area contributed by atoms with Gasteiger partial charge in [0.05, 0.1) is 24.1 Å². The summed E-state index contributed by atoms with van der Waals surface area (Å²) < 4.78 is 0. The van der Waals surface area contributed by atoms with Crippen LogP contribution >= 0.6 is 0 Å². The van der Waals surface area contributed by atoms with Gasteiger partial charge in [-0.3, -0.25) is 0 Å². The molecule has 0 fully saturated rings. The van der Waals surface area contributed by atoms with Gasteiger partial charge in [-0.05, 0) is 24.0 Å². The van der Waals surface area contributed by atoms with Crippen molar-refractivity contribution >= 4 is 11.9 Å². The van der Waals surface area contributed by atoms with Gasteiger partial charge in [-0.25, -0.2) is 0 Å². The molecule has 0 aliphatic heterocycles. The van der Waals surface area contributed by atoms with Crippen molar-refractivity contribution in [2.75, 3.05) is 0 Å². The third kappa shape index (κ3) is 5.29. The van der Waals surface area contributed by atoms with Crippen LogP contribution in [0.2, 0.25) is 0 Å². The van der Waals surface area contributed by atoms with Gasteiger partial charge in [0.15, 0.2) is 0 Å². The summed E-state index contributed by atoms with van der Waals surface area (Å²) in [6.07, 6.45) is -2.03. The summed E-state index contributed by atoms with van der Waals surface area (Å²) in [6.45, 7) is 3.27. The zero-order chi connectivity index (χ0) is 14.3. The van der Waals surface area contributed by atoms with Gasteiger partial charge in [-0.1, -0.05) is 13.8 Å². The van der Waals surface area contributed by atoms with Crippen LogP contribution in [0.25, 0.3) is 0 Å². The number of carbonyl (C=O) groups excluding carboxylic acids is 2. The Hall–Kier alpha value is -1.40. The lowest BCUT2D eigenvalue weighted by atomic mass is 9.96. The van der Waals surface area contributed by atoms with E-state index in [1.54, 1.807) is 13.8 Å². The Bertz CT molecular complexity index is 301. The molecule has 2 N–H and O–H groups in total. The molecule has 0 aromatic rings. The van der Waals surface area contributed by atoms with Gasteiger partial charge >= 0.3 is 0 Å². The second-order valence-electron chi connectivity index (χ2n) is 4.06. The smallest absolute Gasteiger partial charge is 0.0679 e. The Labute approximate surface area is 106 Å². The second-order valence-corrected chi connectivity index (χ2v) is 4.06. The number of aliphatic hydroxyl groups is 2. The molecule has 6 nitrogen and oxygen atoms in total. The zero-order valence-electron chi connectivity index (χ0n) is 10.5. The number of carboxylic acids is 2. The molecule has 0 aliphatic rings. The highest BCUT2D eigenvalue weighted by Gasteiger charge is 2.16. The van der Waals surface area contributed by atoms with Crippen LogP contribution in [0.3, 0.4) is 0 Å². The summed E-state index contributed by atoms with van der Waals surface area (Å²) >= 11 is 0. The molecule has 0 aliphatic carbocycles. The Balaban J connectivity index is 5.29. The zero-order valence-corrected chi connectivity index (χ0v) is 10.5. The van der Waals surface area contributed by atoms with Crippen LogP contribution in [0.15, 0.2) is 11.1 Å². The summed E-state index contributed by atoms with van der Waals surface area (Å²) in [5.41, 5.74) is -1.03. The third-order valence-corrected chi connectivity index (χ3v) is 2.68. The Morgan fingerprint density at radius 3 is 1.33 bits per heavy atom. The number of aliphatic carboxylic acids is 2. The van der Waals surface area contributed by atoms with Crippen molar-refractivity contribution in [3.63, 3.8) is 0 Å². The van der Waals surface area contributed by atoms with E-state index in [-0.39, 0.29) is 25.7 Å². The lowest BCUT2D eigenvalue weighted by Gasteiger charge is -2.21. The second kappa shape index (κ2) is 7.84. The van der Waals surface area contributed by atoms with Crippen molar-refractivity contribution in [3.05, 3.63) is 11.1 Å². The number of rotatable bonds is 8. The number of hydrogen-bond donors (Lipinski definition) is 2. The molecule has 0 aromatic heterocycles. The Morgan fingerprint density at radius 2 is 1.17 bits per heavy atom. The number of carbonyl (C=O) groups is 2. The van der Waals surface area contributed by atoms with Crippen LogP contribution in [-0.2, 0) is 9.59 Å². The Kier molecular flexibility index (Phi) is 7.23. The normalized spacial score (nSPS) is 15.8. The van der Waals surface area contributed by atoms with E-state index in [0.717, 1.165) is 0 Å². The summed E-state index contributed by atoms with van der Waals surface area (Å²) in [6, 6.07) is 0. The van der Waals surface area contributed by atoms with Crippen LogP contribution in [0.4, 0.5) is 0 Å². The highest BCUT2D eigenvalue weighted by molar-refractivity contribution is 5.97. The van der Waals surface area contributed by atoms with Crippen LogP contribution in [0.5, 0.6) is 0 Å². The highest BCUT2D eigenvalue weighted by Crippen LogP contribution is 2.18. The van der Waals surface area contributed by atoms with Crippen molar-refractivity contribution < 1.29 is 30.0 Å². The minimum absolute atomic E-state index is 0.285. The first kappa shape index (κ1) is 16.6. The number of hydrogen-bond acceptors (Lipinski definition) is 6. The van der Waals surface area contributed by atoms with Gasteiger partial charge in [-0.2, -0.15) is 0 Å². The van der Waals surface area contributed by atoms with Crippen molar-refractivity contribution in [2.24, 2.45) is 0 Å². The standard InChI is InChI=1S/C12H20O6/c1-3-7(13)5-9(11(15)16)10(12(17)18)6-8(14)4-2/h7-8,13-14H,3-6H2,1-2H3,(H,15,16)(H,17,18)/p-2/b10-9-. The monoisotopic (exact) mass is 258 g/mol. The maximum atomic E-state index is 10.9. The van der Waals surface area contributed by atoms with E-state index in [1.807, 2.05) is 0 Å². The van der Waals surface area contributed by atoms with Crippen LogP contribution in [0.1, 0.15) is 39.5 Å². The van der Waals surface area contributed by atoms with Crippen LogP contribution < -0.4 is 10.2 Å². The predicted molar refractivity (Wildman–Crippen MR) is 58.9 cm³/mol.